The third-order valence-electron chi connectivity index (χ3n) is 1.78. The molecule has 2 nitrogen and oxygen atoms in total. The quantitative estimate of drug-likeness (QED) is 0.760. The molecular formula is C9H8F2O2S. The first-order valence-electron chi connectivity index (χ1n) is 3.98. The van der Waals surface area contributed by atoms with Gasteiger partial charge in [-0.15, -0.1) is 8.78 Å². The van der Waals surface area contributed by atoms with Gasteiger partial charge in [0, 0.05) is 5.75 Å². The van der Waals surface area contributed by atoms with Crippen molar-refractivity contribution in [3.63, 3.8) is 0 Å². The van der Waals surface area contributed by atoms with Gasteiger partial charge in [-0.1, -0.05) is 6.07 Å². The molecule has 0 saturated heterocycles. The highest BCUT2D eigenvalue weighted by molar-refractivity contribution is 7.97. The van der Waals surface area contributed by atoms with Crippen LogP contribution < -0.4 is 9.47 Å². The first-order valence-corrected chi connectivity index (χ1v) is 5.38. The highest BCUT2D eigenvalue weighted by Gasteiger charge is 2.43. The number of ether oxygens (including phenoxy) is 2. The van der Waals surface area contributed by atoms with Gasteiger partial charge in [-0.25, -0.2) is 0 Å². The minimum atomic E-state index is -3.51. The second-order valence-electron chi connectivity index (χ2n) is 2.88. The van der Waals surface area contributed by atoms with Crippen molar-refractivity contribution in [1.82, 2.24) is 0 Å². The van der Waals surface area contributed by atoms with Crippen LogP contribution in [0.4, 0.5) is 8.78 Å². The van der Waals surface area contributed by atoms with Crippen molar-refractivity contribution in [3.05, 3.63) is 23.8 Å². The SMILES string of the molecule is CSCc1ccc2c(c1)OC(F)(F)O2. The Morgan fingerprint density at radius 1 is 1.29 bits per heavy atom. The van der Waals surface area contributed by atoms with Crippen molar-refractivity contribution in [2.24, 2.45) is 0 Å². The Kier molecular flexibility index (Phi) is 2.26. The molecule has 5 heteroatoms. The standard InChI is InChI=1S/C9H8F2O2S/c1-14-5-6-2-3-7-8(4-6)13-9(10,11)12-7/h2-4H,5H2,1H3. The van der Waals surface area contributed by atoms with E-state index in [2.05, 4.69) is 9.47 Å². The second-order valence-corrected chi connectivity index (χ2v) is 3.75. The maximum atomic E-state index is 12.6. The van der Waals surface area contributed by atoms with Gasteiger partial charge in [-0.2, -0.15) is 11.8 Å². The monoisotopic (exact) mass is 218 g/mol. The molecule has 0 fully saturated rings. The van der Waals surface area contributed by atoms with E-state index in [-0.39, 0.29) is 11.5 Å². The van der Waals surface area contributed by atoms with Gasteiger partial charge in [-0.05, 0) is 24.0 Å². The molecule has 0 aliphatic carbocycles. The Labute approximate surface area is 84.2 Å². The third-order valence-corrected chi connectivity index (χ3v) is 2.40. The molecule has 0 unspecified atom stereocenters. The van der Waals surface area contributed by atoms with E-state index >= 15 is 0 Å². The molecule has 0 amide bonds. The minimum Gasteiger partial charge on any atom is -0.395 e. The van der Waals surface area contributed by atoms with E-state index in [0.717, 1.165) is 11.3 Å². The van der Waals surface area contributed by atoms with Gasteiger partial charge >= 0.3 is 6.29 Å². The highest BCUT2D eigenvalue weighted by atomic mass is 32.2. The van der Waals surface area contributed by atoms with Gasteiger partial charge in [-0.3, -0.25) is 0 Å². The van der Waals surface area contributed by atoms with Crippen LogP contribution in [0.5, 0.6) is 11.5 Å². The molecule has 0 aromatic heterocycles. The molecule has 0 radical (unpaired) electrons. The van der Waals surface area contributed by atoms with Crippen molar-refractivity contribution < 1.29 is 18.3 Å². The highest BCUT2D eigenvalue weighted by Crippen LogP contribution is 2.41. The molecule has 0 bridgehead atoms. The van der Waals surface area contributed by atoms with Gasteiger partial charge in [0.25, 0.3) is 0 Å². The lowest BCUT2D eigenvalue weighted by atomic mass is 10.2. The van der Waals surface area contributed by atoms with E-state index in [1.54, 1.807) is 23.9 Å². The Hall–Kier alpha value is -0.970. The number of thioether (sulfide) groups is 1. The lowest BCUT2D eigenvalue weighted by Gasteiger charge is -2.04. The fourth-order valence-electron chi connectivity index (χ4n) is 1.25. The minimum absolute atomic E-state index is 0.0971. The zero-order valence-electron chi connectivity index (χ0n) is 7.42. The van der Waals surface area contributed by atoms with Crippen LogP contribution in [0.1, 0.15) is 5.56 Å². The molecule has 76 valence electrons. The van der Waals surface area contributed by atoms with E-state index in [0.29, 0.717) is 0 Å². The Bertz CT molecular complexity index is 355. The van der Waals surface area contributed by atoms with E-state index < -0.39 is 6.29 Å². The zero-order valence-corrected chi connectivity index (χ0v) is 8.24. The molecule has 1 aliphatic rings. The lowest BCUT2D eigenvalue weighted by Crippen LogP contribution is -2.25. The average molecular weight is 218 g/mol. The molecule has 0 atom stereocenters. The molecule has 1 heterocycles. The Balaban J connectivity index is 2.26. The topological polar surface area (TPSA) is 18.5 Å². The average Bonchev–Trinajstić information content (AvgIpc) is 2.38. The van der Waals surface area contributed by atoms with Crippen molar-refractivity contribution in [3.8, 4) is 11.5 Å². The fraction of sp³-hybridized carbons (Fsp3) is 0.333. The van der Waals surface area contributed by atoms with Gasteiger partial charge in [0.15, 0.2) is 11.5 Å². The number of alkyl halides is 2. The smallest absolute Gasteiger partial charge is 0.395 e. The molecule has 0 spiro atoms. The van der Waals surface area contributed by atoms with Crippen LogP contribution in [0.15, 0.2) is 18.2 Å². The van der Waals surface area contributed by atoms with Crippen molar-refractivity contribution >= 4 is 11.8 Å². The zero-order chi connectivity index (χ0) is 10.2. The largest absolute Gasteiger partial charge is 0.586 e. The van der Waals surface area contributed by atoms with E-state index in [1.807, 2.05) is 6.26 Å². The van der Waals surface area contributed by atoms with Crippen molar-refractivity contribution in [2.75, 3.05) is 6.26 Å². The first-order chi connectivity index (χ1) is 6.61. The summed E-state index contributed by atoms with van der Waals surface area (Å²) in [7, 11) is 0. The van der Waals surface area contributed by atoms with Gasteiger partial charge < -0.3 is 9.47 Å². The summed E-state index contributed by atoms with van der Waals surface area (Å²) in [6.45, 7) is 0. The summed E-state index contributed by atoms with van der Waals surface area (Å²) in [5, 5.41) is 0. The molecule has 14 heavy (non-hydrogen) atoms. The summed E-state index contributed by atoms with van der Waals surface area (Å²) in [6.07, 6.45) is -1.57. The van der Waals surface area contributed by atoms with Gasteiger partial charge in [0.1, 0.15) is 0 Å². The maximum absolute atomic E-state index is 12.6. The predicted molar refractivity (Wildman–Crippen MR) is 49.9 cm³/mol. The van der Waals surface area contributed by atoms with Crippen molar-refractivity contribution in [2.45, 2.75) is 12.0 Å². The molecule has 0 N–H and O–H groups in total. The normalized spacial score (nSPS) is 17.1. The van der Waals surface area contributed by atoms with Crippen LogP contribution in [-0.2, 0) is 5.75 Å². The summed E-state index contributed by atoms with van der Waals surface area (Å²) < 4.78 is 33.8. The number of halogens is 2. The molecule has 0 saturated carbocycles. The second kappa shape index (κ2) is 3.31. The number of benzene rings is 1. The van der Waals surface area contributed by atoms with Crippen LogP contribution in [-0.4, -0.2) is 12.6 Å². The summed E-state index contributed by atoms with van der Waals surface area (Å²) >= 11 is 1.62. The Morgan fingerprint density at radius 3 is 2.71 bits per heavy atom. The number of hydrogen-bond acceptors (Lipinski definition) is 3. The number of hydrogen-bond donors (Lipinski definition) is 0. The molecular weight excluding hydrogens is 210 g/mol. The summed E-state index contributed by atoms with van der Waals surface area (Å²) in [5.74, 6) is 0.976. The number of rotatable bonds is 2. The summed E-state index contributed by atoms with van der Waals surface area (Å²) in [4.78, 5) is 0. The molecule has 1 aliphatic heterocycles. The predicted octanol–water partition coefficient (Wildman–Crippen LogP) is 2.87. The third kappa shape index (κ3) is 1.77. The van der Waals surface area contributed by atoms with E-state index in [9.17, 15) is 8.78 Å². The maximum Gasteiger partial charge on any atom is 0.586 e. The molecule has 2 rings (SSSR count). The molecule has 1 aromatic rings. The van der Waals surface area contributed by atoms with E-state index in [1.165, 1.54) is 6.07 Å². The lowest BCUT2D eigenvalue weighted by molar-refractivity contribution is -0.286. The van der Waals surface area contributed by atoms with Crippen molar-refractivity contribution in [1.29, 1.82) is 0 Å². The fourth-order valence-corrected chi connectivity index (χ4v) is 1.76. The first kappa shape index (κ1) is 9.58. The van der Waals surface area contributed by atoms with Crippen LogP contribution in [0, 0.1) is 0 Å². The van der Waals surface area contributed by atoms with Crippen LogP contribution in [0.25, 0.3) is 0 Å². The summed E-state index contributed by atoms with van der Waals surface area (Å²) in [6, 6.07) is 4.83. The number of fused-ring (bicyclic) bond motifs is 1. The van der Waals surface area contributed by atoms with Crippen LogP contribution in [0.3, 0.4) is 0 Å². The van der Waals surface area contributed by atoms with Gasteiger partial charge in [0.05, 0.1) is 0 Å². The van der Waals surface area contributed by atoms with Crippen LogP contribution >= 0.6 is 11.8 Å². The van der Waals surface area contributed by atoms with Crippen LogP contribution in [0.2, 0.25) is 0 Å². The summed E-state index contributed by atoms with van der Waals surface area (Å²) in [5.41, 5.74) is 0.942. The van der Waals surface area contributed by atoms with E-state index in [4.69, 9.17) is 0 Å². The molecule has 1 aromatic carbocycles. The Morgan fingerprint density at radius 2 is 2.00 bits per heavy atom. The van der Waals surface area contributed by atoms with Gasteiger partial charge in [0.2, 0.25) is 0 Å².